The molecule has 0 saturated carbocycles. The van der Waals surface area contributed by atoms with E-state index in [9.17, 15) is 4.79 Å². The van der Waals surface area contributed by atoms with Crippen LogP contribution in [0, 0.1) is 0 Å². The summed E-state index contributed by atoms with van der Waals surface area (Å²) < 4.78 is 2.08. The quantitative estimate of drug-likeness (QED) is 0.795. The highest BCUT2D eigenvalue weighted by Crippen LogP contribution is 2.15. The van der Waals surface area contributed by atoms with Crippen LogP contribution >= 0.6 is 11.6 Å². The average molecular weight is 299 g/mol. The molecule has 1 heterocycles. The minimum Gasteiger partial charge on any atom is -0.383 e. The summed E-state index contributed by atoms with van der Waals surface area (Å²) in [4.78, 5) is 11.8. The molecule has 0 aliphatic carbocycles. The van der Waals surface area contributed by atoms with Gasteiger partial charge in [-0.2, -0.15) is 0 Å². The second-order valence-electron chi connectivity index (χ2n) is 4.83. The minimum absolute atomic E-state index is 0.0599. The molecular weight excluding hydrogens is 284 g/mol. The largest absolute Gasteiger partial charge is 0.383 e. The third-order valence-corrected chi connectivity index (χ3v) is 3.63. The van der Waals surface area contributed by atoms with Crippen molar-refractivity contribution in [1.29, 1.82) is 0 Å². The summed E-state index contributed by atoms with van der Waals surface area (Å²) in [6.07, 6.45) is 1.84. The van der Waals surface area contributed by atoms with Gasteiger partial charge in [-0.1, -0.05) is 29.8 Å². The van der Waals surface area contributed by atoms with Gasteiger partial charge in [0.25, 0.3) is 0 Å². The molecule has 0 radical (unpaired) electrons. The molecule has 21 heavy (non-hydrogen) atoms. The zero-order valence-electron chi connectivity index (χ0n) is 11.4. The number of hydrogen-bond acceptors (Lipinski definition) is 2. The molecule has 3 aromatic rings. The number of halogens is 1. The maximum Gasteiger partial charge on any atom is 0.189 e. The fraction of sp³-hybridized carbons (Fsp3) is 0.118. The Kier molecular flexibility index (Phi) is 3.93. The molecule has 3 rings (SSSR count). The predicted octanol–water partition coefficient (Wildman–Crippen LogP) is 3.77. The maximum atomic E-state index is 11.8. The van der Waals surface area contributed by atoms with E-state index in [4.69, 9.17) is 11.6 Å². The van der Waals surface area contributed by atoms with Crippen molar-refractivity contribution in [3.8, 4) is 0 Å². The molecule has 0 aliphatic rings. The van der Waals surface area contributed by atoms with Crippen LogP contribution in [0.5, 0.6) is 0 Å². The Balaban J connectivity index is 1.77. The molecule has 0 spiro atoms. The average Bonchev–Trinajstić information content (AvgIpc) is 2.50. The molecule has 1 N–H and O–H groups in total. The Morgan fingerprint density at radius 1 is 1.05 bits per heavy atom. The van der Waals surface area contributed by atoms with Gasteiger partial charge in [0.2, 0.25) is 0 Å². The summed E-state index contributed by atoms with van der Waals surface area (Å²) in [5.41, 5.74) is 2.01. The lowest BCUT2D eigenvalue weighted by Gasteiger charge is -2.12. The van der Waals surface area contributed by atoms with Crippen LogP contribution in [-0.2, 0) is 6.54 Å². The first-order valence-electron chi connectivity index (χ1n) is 6.82. The lowest BCUT2D eigenvalue weighted by atomic mass is 10.2. The van der Waals surface area contributed by atoms with Gasteiger partial charge in [-0.3, -0.25) is 4.79 Å². The maximum absolute atomic E-state index is 11.8. The number of fused-ring (bicyclic) bond motifs is 1. The van der Waals surface area contributed by atoms with Gasteiger partial charge in [0.15, 0.2) is 5.43 Å². The zero-order valence-corrected chi connectivity index (χ0v) is 12.2. The summed E-state index contributed by atoms with van der Waals surface area (Å²) in [6, 6.07) is 16.9. The summed E-state index contributed by atoms with van der Waals surface area (Å²) >= 11 is 5.96. The van der Waals surface area contributed by atoms with Crippen LogP contribution in [-0.4, -0.2) is 11.1 Å². The predicted molar refractivity (Wildman–Crippen MR) is 88.1 cm³/mol. The van der Waals surface area contributed by atoms with E-state index in [0.29, 0.717) is 5.02 Å². The summed E-state index contributed by atoms with van der Waals surface area (Å²) in [5.74, 6) is 0. The number of nitrogens with one attached hydrogen (secondary N) is 1. The second kappa shape index (κ2) is 6.02. The van der Waals surface area contributed by atoms with E-state index in [-0.39, 0.29) is 5.43 Å². The molecule has 4 heteroatoms. The van der Waals surface area contributed by atoms with Gasteiger partial charge >= 0.3 is 0 Å². The van der Waals surface area contributed by atoms with Crippen LogP contribution < -0.4 is 10.7 Å². The van der Waals surface area contributed by atoms with E-state index in [2.05, 4.69) is 9.88 Å². The lowest BCUT2D eigenvalue weighted by molar-refractivity contribution is 0.749. The zero-order chi connectivity index (χ0) is 14.7. The summed E-state index contributed by atoms with van der Waals surface area (Å²) in [7, 11) is 0. The third kappa shape index (κ3) is 3.09. The van der Waals surface area contributed by atoms with E-state index in [1.807, 2.05) is 54.7 Å². The van der Waals surface area contributed by atoms with Crippen LogP contribution in [0.15, 0.2) is 65.6 Å². The van der Waals surface area contributed by atoms with Crippen molar-refractivity contribution in [2.24, 2.45) is 0 Å². The van der Waals surface area contributed by atoms with Crippen molar-refractivity contribution < 1.29 is 0 Å². The molecule has 0 aliphatic heterocycles. The Morgan fingerprint density at radius 2 is 1.90 bits per heavy atom. The summed E-state index contributed by atoms with van der Waals surface area (Å²) in [6.45, 7) is 1.53. The highest BCUT2D eigenvalue weighted by atomic mass is 35.5. The molecule has 0 unspecified atom stereocenters. The van der Waals surface area contributed by atoms with Crippen LogP contribution in [0.25, 0.3) is 10.9 Å². The first-order chi connectivity index (χ1) is 10.2. The molecule has 106 valence electrons. The second-order valence-corrected chi connectivity index (χ2v) is 5.26. The first kappa shape index (κ1) is 13.7. The number of anilines is 1. The molecule has 0 amide bonds. The van der Waals surface area contributed by atoms with Crippen molar-refractivity contribution in [2.75, 3.05) is 11.9 Å². The molecule has 0 bridgehead atoms. The van der Waals surface area contributed by atoms with Crippen molar-refractivity contribution in [2.45, 2.75) is 6.54 Å². The molecule has 0 saturated heterocycles. The highest BCUT2D eigenvalue weighted by Gasteiger charge is 2.01. The topological polar surface area (TPSA) is 34.0 Å². The lowest BCUT2D eigenvalue weighted by Crippen LogP contribution is -2.13. The fourth-order valence-electron chi connectivity index (χ4n) is 2.37. The molecule has 0 fully saturated rings. The first-order valence-corrected chi connectivity index (χ1v) is 7.19. The van der Waals surface area contributed by atoms with Crippen molar-refractivity contribution in [3.05, 3.63) is 76.0 Å². The monoisotopic (exact) mass is 298 g/mol. The van der Waals surface area contributed by atoms with Crippen LogP contribution in [0.4, 0.5) is 5.69 Å². The van der Waals surface area contributed by atoms with Gasteiger partial charge in [0.1, 0.15) is 0 Å². The van der Waals surface area contributed by atoms with E-state index in [1.165, 1.54) is 0 Å². The number of aromatic nitrogens is 1. The normalized spacial score (nSPS) is 10.7. The van der Waals surface area contributed by atoms with E-state index in [0.717, 1.165) is 29.7 Å². The summed E-state index contributed by atoms with van der Waals surface area (Å²) in [5, 5.41) is 4.80. The van der Waals surface area contributed by atoms with Gasteiger partial charge in [-0.05, 0) is 30.3 Å². The van der Waals surface area contributed by atoms with Gasteiger partial charge in [-0.15, -0.1) is 0 Å². The van der Waals surface area contributed by atoms with E-state index >= 15 is 0 Å². The number of para-hydroxylation sites is 1. The molecule has 2 aromatic carbocycles. The third-order valence-electron chi connectivity index (χ3n) is 3.39. The van der Waals surface area contributed by atoms with Gasteiger partial charge in [-0.25, -0.2) is 0 Å². The van der Waals surface area contributed by atoms with Crippen molar-refractivity contribution >= 4 is 28.2 Å². The smallest absolute Gasteiger partial charge is 0.189 e. The molecular formula is C17H15ClN2O. The SMILES string of the molecule is O=c1ccn(CCNc2cccc(Cl)c2)c2ccccc12. The Morgan fingerprint density at radius 3 is 2.76 bits per heavy atom. The number of benzene rings is 2. The number of nitrogens with zero attached hydrogens (tertiary/aromatic N) is 1. The number of rotatable bonds is 4. The molecule has 1 aromatic heterocycles. The Labute approximate surface area is 127 Å². The van der Waals surface area contributed by atoms with Gasteiger partial charge < -0.3 is 9.88 Å². The molecule has 3 nitrogen and oxygen atoms in total. The minimum atomic E-state index is 0.0599. The van der Waals surface area contributed by atoms with Gasteiger partial charge in [0, 0.05) is 41.4 Å². The van der Waals surface area contributed by atoms with Gasteiger partial charge in [0.05, 0.1) is 5.52 Å². The highest BCUT2D eigenvalue weighted by molar-refractivity contribution is 6.30. The van der Waals surface area contributed by atoms with E-state index < -0.39 is 0 Å². The van der Waals surface area contributed by atoms with Crippen LogP contribution in [0.3, 0.4) is 0 Å². The Bertz CT molecular complexity index is 826. The Hall–Kier alpha value is -2.26. The van der Waals surface area contributed by atoms with Crippen LogP contribution in [0.2, 0.25) is 5.02 Å². The van der Waals surface area contributed by atoms with Crippen molar-refractivity contribution in [3.63, 3.8) is 0 Å². The van der Waals surface area contributed by atoms with Crippen LogP contribution in [0.1, 0.15) is 0 Å². The van der Waals surface area contributed by atoms with Crippen molar-refractivity contribution in [1.82, 2.24) is 4.57 Å². The number of hydrogen-bond donors (Lipinski definition) is 1. The van der Waals surface area contributed by atoms with E-state index in [1.54, 1.807) is 6.07 Å². The molecule has 0 atom stereocenters. The fourth-order valence-corrected chi connectivity index (χ4v) is 2.56. The standard InChI is InChI=1S/C17H15ClN2O/c18-13-4-3-5-14(12-13)19-9-11-20-10-8-17(21)15-6-1-2-7-16(15)20/h1-8,10,12,19H,9,11H2. The number of pyridine rings is 1.